The van der Waals surface area contributed by atoms with Gasteiger partial charge in [0.1, 0.15) is 36.6 Å². The van der Waals surface area contributed by atoms with Crippen molar-refractivity contribution in [1.29, 1.82) is 0 Å². The third-order valence-corrected chi connectivity index (χ3v) is 13.1. The number of rotatable bonds is 13. The zero-order chi connectivity index (χ0) is 29.6. The predicted octanol–water partition coefficient (Wildman–Crippen LogP) is 2.74. The summed E-state index contributed by atoms with van der Waals surface area (Å²) in [5.41, 5.74) is 0. The van der Waals surface area contributed by atoms with Crippen LogP contribution in [0.5, 0.6) is 0 Å². The van der Waals surface area contributed by atoms with E-state index in [1.54, 1.807) is 35.5 Å². The minimum Gasteiger partial charge on any atom is -0.405 e. The van der Waals surface area contributed by atoms with Gasteiger partial charge in [-0.05, 0) is 15.4 Å². The summed E-state index contributed by atoms with van der Waals surface area (Å²) in [6.07, 6.45) is -4.16. The Hall–Kier alpha value is -1.70. The standard InChI is InChI=1S/C31H46O9Si/c1-31(2,3)41(21-15-11-9-12-16-21,22-17-13-10-14-18-22)37-20-24-26(28(35-7)29(36-8)38-24)40-30-27(34-6)25(33-5)23(39-30)19-32-4/h9-18,23-30H,19-20H2,1-8H3/t23-,24-,25-,26-,27+,28-,29-,30-/m1/s1. The van der Waals surface area contributed by atoms with Gasteiger partial charge in [0.2, 0.25) is 0 Å². The Morgan fingerprint density at radius 1 is 0.610 bits per heavy atom. The predicted molar refractivity (Wildman–Crippen MR) is 157 cm³/mol. The fourth-order valence-corrected chi connectivity index (χ4v) is 10.8. The van der Waals surface area contributed by atoms with Crippen LogP contribution in [-0.2, 0) is 42.3 Å². The van der Waals surface area contributed by atoms with Crippen LogP contribution in [0.15, 0.2) is 60.7 Å². The van der Waals surface area contributed by atoms with E-state index in [9.17, 15) is 0 Å². The van der Waals surface area contributed by atoms with Gasteiger partial charge < -0.3 is 42.3 Å². The van der Waals surface area contributed by atoms with Gasteiger partial charge in [-0.25, -0.2) is 0 Å². The number of ether oxygens (including phenoxy) is 8. The first-order valence-electron chi connectivity index (χ1n) is 14.1. The van der Waals surface area contributed by atoms with E-state index >= 15 is 0 Å². The van der Waals surface area contributed by atoms with Crippen molar-refractivity contribution in [3.63, 3.8) is 0 Å². The van der Waals surface area contributed by atoms with E-state index in [1.165, 1.54) is 10.4 Å². The lowest BCUT2D eigenvalue weighted by molar-refractivity contribution is -0.221. The molecular weight excluding hydrogens is 544 g/mol. The SMILES string of the molecule is COC[C@H]1O[C@H](O[C@H]2[C@@H](OC)[C@H](OC)O[C@@H]2CO[Si](c2ccccc2)(c2ccccc2)C(C)(C)C)[C@@H](OC)[C@@H]1OC. The molecule has 0 aliphatic carbocycles. The highest BCUT2D eigenvalue weighted by molar-refractivity contribution is 6.99. The second-order valence-electron chi connectivity index (χ2n) is 11.5. The van der Waals surface area contributed by atoms with Gasteiger partial charge >= 0.3 is 0 Å². The molecule has 2 aliphatic rings. The number of hydrogen-bond acceptors (Lipinski definition) is 9. The molecule has 2 saturated heterocycles. The molecule has 0 radical (unpaired) electrons. The molecule has 0 unspecified atom stereocenters. The van der Waals surface area contributed by atoms with Crippen LogP contribution in [-0.4, -0.2) is 106 Å². The van der Waals surface area contributed by atoms with Crippen molar-refractivity contribution >= 4 is 18.7 Å². The third kappa shape index (κ3) is 6.47. The summed E-state index contributed by atoms with van der Waals surface area (Å²) in [6, 6.07) is 21.0. The maximum atomic E-state index is 7.19. The molecule has 0 bridgehead atoms. The van der Waals surface area contributed by atoms with E-state index in [0.717, 1.165) is 0 Å². The van der Waals surface area contributed by atoms with Gasteiger partial charge in [0, 0.05) is 35.5 Å². The Morgan fingerprint density at radius 3 is 1.56 bits per heavy atom. The second-order valence-corrected chi connectivity index (χ2v) is 15.8. The van der Waals surface area contributed by atoms with Crippen LogP contribution in [0.4, 0.5) is 0 Å². The first-order chi connectivity index (χ1) is 19.7. The van der Waals surface area contributed by atoms with Crippen molar-refractivity contribution in [2.75, 3.05) is 48.8 Å². The van der Waals surface area contributed by atoms with Crippen molar-refractivity contribution in [3.8, 4) is 0 Å². The van der Waals surface area contributed by atoms with Crippen LogP contribution in [0.1, 0.15) is 20.8 Å². The normalized spacial score (nSPS) is 30.6. The summed E-state index contributed by atoms with van der Waals surface area (Å²) in [6.45, 7) is 7.34. The van der Waals surface area contributed by atoms with E-state index in [1.807, 2.05) is 12.1 Å². The fraction of sp³-hybridized carbons (Fsp3) is 0.613. The summed E-state index contributed by atoms with van der Waals surface area (Å²) < 4.78 is 54.8. The van der Waals surface area contributed by atoms with Crippen LogP contribution in [0.25, 0.3) is 0 Å². The molecule has 0 spiro atoms. The quantitative estimate of drug-likeness (QED) is 0.327. The average molecular weight is 591 g/mol. The molecule has 9 nitrogen and oxygen atoms in total. The second kappa shape index (κ2) is 14.2. The Morgan fingerprint density at radius 2 is 1.10 bits per heavy atom. The molecule has 2 heterocycles. The summed E-state index contributed by atoms with van der Waals surface area (Å²) in [7, 11) is 5.26. The molecule has 2 fully saturated rings. The molecule has 41 heavy (non-hydrogen) atoms. The number of hydrogen-bond donors (Lipinski definition) is 0. The van der Waals surface area contributed by atoms with Crippen LogP contribution in [0.3, 0.4) is 0 Å². The van der Waals surface area contributed by atoms with E-state index < -0.39 is 45.3 Å². The lowest BCUT2D eigenvalue weighted by atomic mass is 10.1. The molecule has 4 rings (SSSR count). The molecule has 0 amide bonds. The molecule has 0 aromatic heterocycles. The van der Waals surface area contributed by atoms with Crippen LogP contribution in [0.2, 0.25) is 5.04 Å². The first kappa shape index (κ1) is 32.2. The Bertz CT molecular complexity index is 1010. The van der Waals surface area contributed by atoms with Crippen molar-refractivity contribution in [1.82, 2.24) is 0 Å². The maximum Gasteiger partial charge on any atom is 0.261 e. The molecule has 0 N–H and O–H groups in total. The summed E-state index contributed by atoms with van der Waals surface area (Å²) in [4.78, 5) is 0. The molecule has 2 aromatic carbocycles. The van der Waals surface area contributed by atoms with Gasteiger partial charge in [0.25, 0.3) is 8.32 Å². The molecule has 0 saturated carbocycles. The van der Waals surface area contributed by atoms with Gasteiger partial charge in [0.15, 0.2) is 12.6 Å². The Labute approximate surface area is 245 Å². The molecule has 2 aliphatic heterocycles. The minimum atomic E-state index is -2.82. The maximum absolute atomic E-state index is 7.19. The number of benzene rings is 2. The minimum absolute atomic E-state index is 0.194. The highest BCUT2D eigenvalue weighted by Gasteiger charge is 2.55. The lowest BCUT2D eigenvalue weighted by Crippen LogP contribution is -2.67. The van der Waals surface area contributed by atoms with Crippen LogP contribution >= 0.6 is 0 Å². The van der Waals surface area contributed by atoms with Crippen molar-refractivity contribution in [3.05, 3.63) is 60.7 Å². The van der Waals surface area contributed by atoms with Gasteiger partial charge in [-0.3, -0.25) is 0 Å². The highest BCUT2D eigenvalue weighted by Crippen LogP contribution is 2.39. The monoisotopic (exact) mass is 590 g/mol. The summed E-state index contributed by atoms with van der Waals surface area (Å²) >= 11 is 0. The lowest BCUT2D eigenvalue weighted by Gasteiger charge is -2.43. The van der Waals surface area contributed by atoms with E-state index in [2.05, 4.69) is 69.3 Å². The molecular formula is C31H46O9Si. The summed E-state index contributed by atoms with van der Waals surface area (Å²) in [5, 5.41) is 2.18. The molecule has 228 valence electrons. The fourth-order valence-electron chi connectivity index (χ4n) is 6.18. The third-order valence-electron chi connectivity index (χ3n) is 8.09. The molecule has 10 heteroatoms. The van der Waals surface area contributed by atoms with Crippen LogP contribution in [0, 0.1) is 0 Å². The Balaban J connectivity index is 1.66. The molecule has 2 aromatic rings. The highest BCUT2D eigenvalue weighted by atomic mass is 28.4. The van der Waals surface area contributed by atoms with Crippen LogP contribution < -0.4 is 10.4 Å². The number of methoxy groups -OCH3 is 5. The van der Waals surface area contributed by atoms with Crippen molar-refractivity contribution in [2.45, 2.75) is 75.0 Å². The van der Waals surface area contributed by atoms with E-state index in [4.69, 9.17) is 42.3 Å². The van der Waals surface area contributed by atoms with E-state index in [0.29, 0.717) is 6.61 Å². The topological polar surface area (TPSA) is 83.1 Å². The summed E-state index contributed by atoms with van der Waals surface area (Å²) in [5.74, 6) is 0. The average Bonchev–Trinajstić information content (AvgIpc) is 3.50. The van der Waals surface area contributed by atoms with E-state index in [-0.39, 0.29) is 23.9 Å². The zero-order valence-electron chi connectivity index (χ0n) is 25.5. The first-order valence-corrected chi connectivity index (χ1v) is 16.0. The van der Waals surface area contributed by atoms with Gasteiger partial charge in [-0.2, -0.15) is 0 Å². The zero-order valence-corrected chi connectivity index (χ0v) is 26.5. The van der Waals surface area contributed by atoms with Crippen molar-refractivity contribution in [2.24, 2.45) is 0 Å². The van der Waals surface area contributed by atoms with Gasteiger partial charge in [-0.1, -0.05) is 81.4 Å². The smallest absolute Gasteiger partial charge is 0.261 e. The van der Waals surface area contributed by atoms with Gasteiger partial charge in [0.05, 0.1) is 13.2 Å². The van der Waals surface area contributed by atoms with Gasteiger partial charge in [-0.15, -0.1) is 0 Å². The van der Waals surface area contributed by atoms with Crippen molar-refractivity contribution < 1.29 is 42.3 Å². The Kier molecular flexibility index (Phi) is 11.1. The largest absolute Gasteiger partial charge is 0.405 e. The molecule has 8 atom stereocenters.